The van der Waals surface area contributed by atoms with E-state index in [1.807, 2.05) is 0 Å². The Kier molecular flexibility index (Phi) is 9.93. The summed E-state index contributed by atoms with van der Waals surface area (Å²) in [5, 5.41) is 5.93. The fourth-order valence-corrected chi connectivity index (χ4v) is 1.07. The summed E-state index contributed by atoms with van der Waals surface area (Å²) in [6, 6.07) is 0. The maximum Gasteiger partial charge on any atom is 0.207 e. The van der Waals surface area contributed by atoms with Crippen LogP contribution in [0, 0.1) is 0 Å². The van der Waals surface area contributed by atoms with Gasteiger partial charge < -0.3 is 10.6 Å². The number of unbranched alkanes of at least 4 members (excludes halogenated alkanes) is 3. The predicted octanol–water partition coefficient (Wildman–Crippen LogP) is 0.902. The highest BCUT2D eigenvalue weighted by molar-refractivity contribution is 5.45. The quantitative estimate of drug-likeness (QED) is 0.401. The van der Waals surface area contributed by atoms with E-state index in [2.05, 4.69) is 17.6 Å². The topological polar surface area (TPSA) is 41.1 Å². The Labute approximate surface area is 74.9 Å². The molecule has 0 spiro atoms. The van der Waals surface area contributed by atoms with Gasteiger partial charge in [-0.05, 0) is 25.9 Å². The van der Waals surface area contributed by atoms with Crippen LogP contribution in [0.1, 0.15) is 32.6 Å². The van der Waals surface area contributed by atoms with Crippen molar-refractivity contribution in [2.75, 3.05) is 19.6 Å². The molecule has 0 unspecified atom stereocenters. The Morgan fingerprint density at radius 2 is 1.75 bits per heavy atom. The summed E-state index contributed by atoms with van der Waals surface area (Å²) < 4.78 is 0. The molecule has 0 heterocycles. The fourth-order valence-electron chi connectivity index (χ4n) is 1.07. The standard InChI is InChI=1S/C9H20N2O/c1-2-10-7-5-3-4-6-8-11-9-12/h9-10H,2-8H2,1H3,(H,11,12). The van der Waals surface area contributed by atoms with Crippen molar-refractivity contribution in [3.8, 4) is 0 Å². The Balaban J connectivity index is 2.77. The summed E-state index contributed by atoms with van der Waals surface area (Å²) >= 11 is 0. The third kappa shape index (κ3) is 9.43. The lowest BCUT2D eigenvalue weighted by Crippen LogP contribution is -2.14. The highest BCUT2D eigenvalue weighted by atomic mass is 16.1. The molecule has 0 atom stereocenters. The van der Waals surface area contributed by atoms with E-state index < -0.39 is 0 Å². The van der Waals surface area contributed by atoms with E-state index >= 15 is 0 Å². The van der Waals surface area contributed by atoms with Gasteiger partial charge in [0.15, 0.2) is 0 Å². The molecule has 0 saturated heterocycles. The van der Waals surface area contributed by atoms with Gasteiger partial charge in [0.05, 0.1) is 0 Å². The summed E-state index contributed by atoms with van der Waals surface area (Å²) in [6.07, 6.45) is 5.58. The minimum atomic E-state index is 0.763. The second-order valence-corrected chi connectivity index (χ2v) is 2.84. The van der Waals surface area contributed by atoms with Crippen molar-refractivity contribution in [2.24, 2.45) is 0 Å². The molecule has 0 radical (unpaired) electrons. The summed E-state index contributed by atoms with van der Waals surface area (Å²) in [7, 11) is 0. The van der Waals surface area contributed by atoms with E-state index in [-0.39, 0.29) is 0 Å². The fraction of sp³-hybridized carbons (Fsp3) is 0.889. The van der Waals surface area contributed by atoms with Gasteiger partial charge in [0.25, 0.3) is 0 Å². The highest BCUT2D eigenvalue weighted by Gasteiger charge is 1.88. The van der Waals surface area contributed by atoms with Crippen molar-refractivity contribution in [1.29, 1.82) is 0 Å². The molecule has 0 aliphatic rings. The van der Waals surface area contributed by atoms with E-state index in [0.29, 0.717) is 0 Å². The van der Waals surface area contributed by atoms with E-state index in [1.165, 1.54) is 19.3 Å². The zero-order valence-electron chi connectivity index (χ0n) is 7.94. The van der Waals surface area contributed by atoms with E-state index in [9.17, 15) is 4.79 Å². The first kappa shape index (κ1) is 11.4. The normalized spacial score (nSPS) is 9.75. The third-order valence-electron chi connectivity index (χ3n) is 1.76. The Morgan fingerprint density at radius 1 is 1.08 bits per heavy atom. The van der Waals surface area contributed by atoms with Crippen molar-refractivity contribution >= 4 is 6.41 Å². The van der Waals surface area contributed by atoms with Crippen LogP contribution in [0.15, 0.2) is 0 Å². The zero-order chi connectivity index (χ0) is 9.07. The first-order valence-electron chi connectivity index (χ1n) is 4.79. The van der Waals surface area contributed by atoms with Crippen LogP contribution in [0.3, 0.4) is 0 Å². The van der Waals surface area contributed by atoms with Crippen LogP contribution in [-0.4, -0.2) is 26.0 Å². The molecule has 3 nitrogen and oxygen atoms in total. The molecule has 0 fully saturated rings. The molecule has 2 N–H and O–H groups in total. The maximum atomic E-state index is 9.86. The van der Waals surface area contributed by atoms with Crippen LogP contribution >= 0.6 is 0 Å². The second-order valence-electron chi connectivity index (χ2n) is 2.84. The van der Waals surface area contributed by atoms with Gasteiger partial charge in [-0.3, -0.25) is 4.79 Å². The maximum absolute atomic E-state index is 9.86. The van der Waals surface area contributed by atoms with Crippen LogP contribution in [0.5, 0.6) is 0 Å². The lowest BCUT2D eigenvalue weighted by Gasteiger charge is -2.01. The van der Waals surface area contributed by atoms with Crippen LogP contribution in [0.2, 0.25) is 0 Å². The van der Waals surface area contributed by atoms with Gasteiger partial charge in [0.1, 0.15) is 0 Å². The van der Waals surface area contributed by atoms with Gasteiger partial charge in [0, 0.05) is 6.54 Å². The molecule has 0 aromatic rings. The minimum absolute atomic E-state index is 0.763. The van der Waals surface area contributed by atoms with Gasteiger partial charge in [0.2, 0.25) is 6.41 Å². The molecule has 0 aromatic carbocycles. The lowest BCUT2D eigenvalue weighted by atomic mass is 10.2. The van der Waals surface area contributed by atoms with Gasteiger partial charge >= 0.3 is 0 Å². The summed E-state index contributed by atoms with van der Waals surface area (Å²) in [5.74, 6) is 0. The average molecular weight is 172 g/mol. The van der Waals surface area contributed by atoms with Crippen molar-refractivity contribution in [3.05, 3.63) is 0 Å². The molecular weight excluding hydrogens is 152 g/mol. The monoisotopic (exact) mass is 172 g/mol. The number of carbonyl (C=O) groups is 1. The van der Waals surface area contributed by atoms with Crippen LogP contribution < -0.4 is 10.6 Å². The average Bonchev–Trinajstić information content (AvgIpc) is 2.10. The van der Waals surface area contributed by atoms with Crippen molar-refractivity contribution in [3.63, 3.8) is 0 Å². The number of hydrogen-bond acceptors (Lipinski definition) is 2. The first-order valence-corrected chi connectivity index (χ1v) is 4.79. The number of carbonyl (C=O) groups excluding carboxylic acids is 1. The molecule has 1 amide bonds. The van der Waals surface area contributed by atoms with Crippen LogP contribution in [-0.2, 0) is 4.79 Å². The SMILES string of the molecule is CCNCCCCCCNC=O. The zero-order valence-corrected chi connectivity index (χ0v) is 7.94. The Hall–Kier alpha value is -0.570. The van der Waals surface area contributed by atoms with Crippen molar-refractivity contribution in [2.45, 2.75) is 32.6 Å². The summed E-state index contributed by atoms with van der Waals surface area (Å²) in [4.78, 5) is 9.86. The number of rotatable bonds is 9. The molecule has 0 rings (SSSR count). The van der Waals surface area contributed by atoms with E-state index in [4.69, 9.17) is 0 Å². The van der Waals surface area contributed by atoms with Gasteiger partial charge in [-0.1, -0.05) is 19.8 Å². The molecule has 72 valence electrons. The minimum Gasteiger partial charge on any atom is -0.359 e. The molecule has 3 heteroatoms. The predicted molar refractivity (Wildman–Crippen MR) is 51.1 cm³/mol. The second kappa shape index (κ2) is 10.4. The van der Waals surface area contributed by atoms with Crippen molar-refractivity contribution in [1.82, 2.24) is 10.6 Å². The van der Waals surface area contributed by atoms with E-state index in [1.54, 1.807) is 0 Å². The van der Waals surface area contributed by atoms with Gasteiger partial charge in [-0.25, -0.2) is 0 Å². The number of amides is 1. The molecule has 0 aliphatic carbocycles. The van der Waals surface area contributed by atoms with Crippen molar-refractivity contribution < 1.29 is 4.79 Å². The first-order chi connectivity index (χ1) is 5.91. The highest BCUT2D eigenvalue weighted by Crippen LogP contribution is 1.97. The molecule has 0 aliphatic heterocycles. The molecule has 0 aromatic heterocycles. The van der Waals surface area contributed by atoms with Gasteiger partial charge in [-0.2, -0.15) is 0 Å². The Morgan fingerprint density at radius 3 is 2.33 bits per heavy atom. The lowest BCUT2D eigenvalue weighted by molar-refractivity contribution is -0.109. The van der Waals surface area contributed by atoms with Crippen LogP contribution in [0.4, 0.5) is 0 Å². The van der Waals surface area contributed by atoms with E-state index in [0.717, 1.165) is 32.5 Å². The third-order valence-corrected chi connectivity index (χ3v) is 1.76. The summed E-state index contributed by atoms with van der Waals surface area (Å²) in [5.41, 5.74) is 0. The molecular formula is C9H20N2O. The molecule has 12 heavy (non-hydrogen) atoms. The van der Waals surface area contributed by atoms with Gasteiger partial charge in [-0.15, -0.1) is 0 Å². The molecule has 0 bridgehead atoms. The van der Waals surface area contributed by atoms with Crippen LogP contribution in [0.25, 0.3) is 0 Å². The Bertz CT molecular complexity index is 96.5. The number of hydrogen-bond donors (Lipinski definition) is 2. The smallest absolute Gasteiger partial charge is 0.207 e. The largest absolute Gasteiger partial charge is 0.359 e. The molecule has 0 saturated carbocycles. The summed E-state index contributed by atoms with van der Waals surface area (Å²) in [6.45, 7) is 5.13. The number of nitrogens with one attached hydrogen (secondary N) is 2.